The minimum atomic E-state index is 0.322. The van der Waals surface area contributed by atoms with Crippen molar-refractivity contribution in [2.24, 2.45) is 5.73 Å². The molecule has 0 saturated heterocycles. The Bertz CT molecular complexity index is 421. The van der Waals surface area contributed by atoms with Crippen LogP contribution in [0.15, 0.2) is 18.2 Å². The van der Waals surface area contributed by atoms with E-state index in [1.54, 1.807) is 18.2 Å². The molecule has 0 spiro atoms. The Morgan fingerprint density at radius 2 is 2.29 bits per heavy atom. The highest BCUT2D eigenvalue weighted by Gasteiger charge is 2.01. The average molecular weight is 186 g/mol. The molecule has 1 rings (SSSR count). The van der Waals surface area contributed by atoms with Gasteiger partial charge in [-0.05, 0) is 18.2 Å². The van der Waals surface area contributed by atoms with E-state index in [-0.39, 0.29) is 0 Å². The van der Waals surface area contributed by atoms with Crippen LogP contribution in [-0.2, 0) is 0 Å². The first kappa shape index (κ1) is 10.1. The summed E-state index contributed by atoms with van der Waals surface area (Å²) >= 11 is 0. The van der Waals surface area contributed by atoms with Gasteiger partial charge in [-0.15, -0.1) is 0 Å². The highest BCUT2D eigenvalue weighted by Crippen LogP contribution is 2.18. The molecular formula is C11H10N2O. The maximum absolute atomic E-state index is 8.73. The van der Waals surface area contributed by atoms with Crippen molar-refractivity contribution in [2.45, 2.75) is 0 Å². The summed E-state index contributed by atoms with van der Waals surface area (Å²) in [4.78, 5) is 0. The molecule has 3 nitrogen and oxygen atoms in total. The Kier molecular flexibility index (Phi) is 3.55. The number of nitriles is 1. The SMILES string of the molecule is COc1cc(C#CCN)ccc1C#N. The van der Waals surface area contributed by atoms with Gasteiger partial charge in [0.15, 0.2) is 0 Å². The van der Waals surface area contributed by atoms with Crippen molar-refractivity contribution in [3.8, 4) is 23.7 Å². The molecule has 0 aliphatic rings. The summed E-state index contributed by atoms with van der Waals surface area (Å²) in [6.45, 7) is 0.322. The van der Waals surface area contributed by atoms with Crippen LogP contribution in [0, 0.1) is 23.2 Å². The minimum Gasteiger partial charge on any atom is -0.495 e. The zero-order valence-electron chi connectivity index (χ0n) is 7.87. The number of benzene rings is 1. The molecule has 0 fully saturated rings. The number of nitrogens with two attached hydrogens (primary N) is 1. The molecule has 0 aliphatic carbocycles. The summed E-state index contributed by atoms with van der Waals surface area (Å²) in [7, 11) is 1.52. The first-order chi connectivity index (χ1) is 6.81. The van der Waals surface area contributed by atoms with Gasteiger partial charge in [0, 0.05) is 5.56 Å². The Morgan fingerprint density at radius 1 is 1.50 bits per heavy atom. The lowest BCUT2D eigenvalue weighted by atomic mass is 10.1. The Balaban J connectivity index is 3.09. The highest BCUT2D eigenvalue weighted by atomic mass is 16.5. The fourth-order valence-electron chi connectivity index (χ4n) is 1.01. The molecule has 2 N–H and O–H groups in total. The van der Waals surface area contributed by atoms with Crippen LogP contribution in [0.2, 0.25) is 0 Å². The molecule has 0 unspecified atom stereocenters. The third kappa shape index (κ3) is 2.26. The summed E-state index contributed by atoms with van der Waals surface area (Å²) in [6.07, 6.45) is 0. The van der Waals surface area contributed by atoms with Crippen LogP contribution in [0.1, 0.15) is 11.1 Å². The van der Waals surface area contributed by atoms with Gasteiger partial charge in [-0.2, -0.15) is 5.26 Å². The molecule has 0 saturated carbocycles. The summed E-state index contributed by atoms with van der Waals surface area (Å²) in [5.41, 5.74) is 6.55. The van der Waals surface area contributed by atoms with Crippen LogP contribution in [0.3, 0.4) is 0 Å². The van der Waals surface area contributed by atoms with E-state index in [9.17, 15) is 0 Å². The second kappa shape index (κ2) is 4.91. The highest BCUT2D eigenvalue weighted by molar-refractivity contribution is 5.49. The van der Waals surface area contributed by atoms with Gasteiger partial charge in [-0.25, -0.2) is 0 Å². The van der Waals surface area contributed by atoms with Crippen molar-refractivity contribution in [3.05, 3.63) is 29.3 Å². The molecular weight excluding hydrogens is 176 g/mol. The molecule has 0 aliphatic heterocycles. The zero-order chi connectivity index (χ0) is 10.4. The maximum atomic E-state index is 8.73. The third-order valence-electron chi connectivity index (χ3n) is 1.66. The Hall–Kier alpha value is -1.97. The number of ether oxygens (including phenoxy) is 1. The number of methoxy groups -OCH3 is 1. The predicted molar refractivity (Wildman–Crippen MR) is 53.6 cm³/mol. The van der Waals surface area contributed by atoms with E-state index in [1.807, 2.05) is 6.07 Å². The lowest BCUT2D eigenvalue weighted by molar-refractivity contribution is 0.413. The van der Waals surface area contributed by atoms with Crippen molar-refractivity contribution < 1.29 is 4.74 Å². The van der Waals surface area contributed by atoms with Crippen LogP contribution in [0.4, 0.5) is 0 Å². The topological polar surface area (TPSA) is 59.0 Å². The molecule has 14 heavy (non-hydrogen) atoms. The maximum Gasteiger partial charge on any atom is 0.137 e. The molecule has 0 amide bonds. The fraction of sp³-hybridized carbons (Fsp3) is 0.182. The van der Waals surface area contributed by atoms with E-state index < -0.39 is 0 Å². The smallest absolute Gasteiger partial charge is 0.137 e. The number of nitrogens with zero attached hydrogens (tertiary/aromatic N) is 1. The van der Waals surface area contributed by atoms with Crippen molar-refractivity contribution in [3.63, 3.8) is 0 Å². The van der Waals surface area contributed by atoms with Crippen LogP contribution >= 0.6 is 0 Å². The fourth-order valence-corrected chi connectivity index (χ4v) is 1.01. The molecule has 1 aromatic rings. The summed E-state index contributed by atoms with van der Waals surface area (Å²) in [6, 6.07) is 7.20. The zero-order valence-corrected chi connectivity index (χ0v) is 7.87. The largest absolute Gasteiger partial charge is 0.495 e. The molecule has 0 aromatic heterocycles. The van der Waals surface area contributed by atoms with Crippen LogP contribution in [0.25, 0.3) is 0 Å². The molecule has 1 aromatic carbocycles. The second-order valence-electron chi connectivity index (χ2n) is 2.53. The van der Waals surface area contributed by atoms with Crippen molar-refractivity contribution in [2.75, 3.05) is 13.7 Å². The van der Waals surface area contributed by atoms with Crippen LogP contribution in [-0.4, -0.2) is 13.7 Å². The van der Waals surface area contributed by atoms with Crippen LogP contribution in [0.5, 0.6) is 5.75 Å². The van der Waals surface area contributed by atoms with Gasteiger partial charge in [0.1, 0.15) is 11.8 Å². The van der Waals surface area contributed by atoms with E-state index >= 15 is 0 Å². The van der Waals surface area contributed by atoms with Crippen LogP contribution < -0.4 is 10.5 Å². The molecule has 70 valence electrons. The first-order valence-corrected chi connectivity index (χ1v) is 4.09. The number of hydrogen-bond donors (Lipinski definition) is 1. The molecule has 0 heterocycles. The Labute approximate surface area is 83.1 Å². The monoisotopic (exact) mass is 186 g/mol. The lowest BCUT2D eigenvalue weighted by Gasteiger charge is -2.01. The third-order valence-corrected chi connectivity index (χ3v) is 1.66. The average Bonchev–Trinajstić information content (AvgIpc) is 2.25. The summed E-state index contributed by atoms with van der Waals surface area (Å²) in [5, 5.41) is 8.73. The van der Waals surface area contributed by atoms with Gasteiger partial charge in [0.2, 0.25) is 0 Å². The second-order valence-corrected chi connectivity index (χ2v) is 2.53. The van der Waals surface area contributed by atoms with Crippen molar-refractivity contribution in [1.82, 2.24) is 0 Å². The molecule has 0 bridgehead atoms. The van der Waals surface area contributed by atoms with Gasteiger partial charge in [-0.1, -0.05) is 11.8 Å². The minimum absolute atomic E-state index is 0.322. The summed E-state index contributed by atoms with van der Waals surface area (Å²) in [5.74, 6) is 6.14. The normalized spacial score (nSPS) is 8.36. The number of rotatable bonds is 1. The van der Waals surface area contributed by atoms with Gasteiger partial charge >= 0.3 is 0 Å². The molecule has 0 radical (unpaired) electrons. The number of hydrogen-bond acceptors (Lipinski definition) is 3. The lowest BCUT2D eigenvalue weighted by Crippen LogP contribution is -1.93. The Morgan fingerprint density at radius 3 is 2.86 bits per heavy atom. The first-order valence-electron chi connectivity index (χ1n) is 4.09. The van der Waals surface area contributed by atoms with E-state index in [2.05, 4.69) is 11.8 Å². The summed E-state index contributed by atoms with van der Waals surface area (Å²) < 4.78 is 5.04. The van der Waals surface area contributed by atoms with Gasteiger partial charge in [0.25, 0.3) is 0 Å². The molecule has 0 atom stereocenters. The van der Waals surface area contributed by atoms with E-state index in [0.717, 1.165) is 5.56 Å². The van der Waals surface area contributed by atoms with Crippen molar-refractivity contribution in [1.29, 1.82) is 5.26 Å². The van der Waals surface area contributed by atoms with Gasteiger partial charge in [-0.3, -0.25) is 0 Å². The standard InChI is InChI=1S/C11H10N2O/c1-14-11-7-9(3-2-6-12)4-5-10(11)8-13/h4-5,7H,6,12H2,1H3. The predicted octanol–water partition coefficient (Wildman–Crippen LogP) is 0.877. The van der Waals surface area contributed by atoms with Gasteiger partial charge < -0.3 is 10.5 Å². The van der Waals surface area contributed by atoms with Crippen molar-refractivity contribution >= 4 is 0 Å². The molecule has 3 heteroatoms. The van der Waals surface area contributed by atoms with E-state index in [4.69, 9.17) is 15.7 Å². The van der Waals surface area contributed by atoms with E-state index in [0.29, 0.717) is 17.9 Å². The quantitative estimate of drug-likeness (QED) is 0.662. The van der Waals surface area contributed by atoms with E-state index in [1.165, 1.54) is 7.11 Å². The van der Waals surface area contributed by atoms with Gasteiger partial charge in [0.05, 0.1) is 19.2 Å².